The zero-order valence-electron chi connectivity index (χ0n) is 15.1. The van der Waals surface area contributed by atoms with E-state index in [1.807, 2.05) is 20.8 Å². The average Bonchev–Trinajstić information content (AvgIpc) is 2.98. The van der Waals surface area contributed by atoms with E-state index in [9.17, 15) is 8.42 Å². The first-order valence-corrected chi connectivity index (χ1v) is 9.49. The van der Waals surface area contributed by atoms with E-state index in [1.165, 1.54) is 9.88 Å². The second kappa shape index (κ2) is 6.61. The van der Waals surface area contributed by atoms with Crippen LogP contribution in [-0.2, 0) is 10.0 Å². The van der Waals surface area contributed by atoms with Gasteiger partial charge in [0.2, 0.25) is 10.0 Å². The Labute approximate surface area is 146 Å². The molecule has 0 saturated heterocycles. The van der Waals surface area contributed by atoms with E-state index in [0.717, 1.165) is 11.1 Å². The van der Waals surface area contributed by atoms with Crippen molar-refractivity contribution in [2.24, 2.45) is 11.3 Å². The van der Waals surface area contributed by atoms with Crippen LogP contribution in [0.1, 0.15) is 33.3 Å². The molecule has 0 heterocycles. The minimum atomic E-state index is -3.59. The molecule has 0 amide bonds. The van der Waals surface area contributed by atoms with Crippen LogP contribution < -0.4 is 0 Å². The minimum absolute atomic E-state index is 0.0348. The fraction of sp³-hybridized carbons (Fsp3) is 0.450. The zero-order chi connectivity index (χ0) is 18.1. The third-order valence-corrected chi connectivity index (χ3v) is 6.35. The number of aryl methyl sites for hydroxylation is 1. The lowest BCUT2D eigenvalue weighted by Gasteiger charge is -2.20. The van der Waals surface area contributed by atoms with Crippen LogP contribution in [0.25, 0.3) is 0 Å². The van der Waals surface area contributed by atoms with Gasteiger partial charge in [-0.15, -0.1) is 12.2 Å². The highest BCUT2D eigenvalue weighted by atomic mass is 32.2. The van der Waals surface area contributed by atoms with Gasteiger partial charge in [0.05, 0.1) is 11.4 Å². The number of sulfonamides is 1. The Morgan fingerprint density at radius 1 is 1.25 bits per heavy atom. The molecule has 0 bridgehead atoms. The van der Waals surface area contributed by atoms with Crippen molar-refractivity contribution in [3.05, 3.63) is 46.7 Å². The van der Waals surface area contributed by atoms with Crippen LogP contribution in [0.3, 0.4) is 0 Å². The molecule has 1 aliphatic carbocycles. The number of nitrogens with zero attached hydrogens (tertiary/aromatic N) is 1. The van der Waals surface area contributed by atoms with Crippen molar-refractivity contribution >= 4 is 10.0 Å². The predicted octanol–water partition coefficient (Wildman–Crippen LogP) is 3.77. The number of terminal acetylenes is 1. The molecule has 128 valence electrons. The normalized spacial score (nSPS) is 18.9. The molecule has 1 unspecified atom stereocenters. The zero-order valence-corrected chi connectivity index (χ0v) is 15.9. The van der Waals surface area contributed by atoms with Crippen molar-refractivity contribution < 1.29 is 8.42 Å². The van der Waals surface area contributed by atoms with Crippen molar-refractivity contribution in [1.82, 2.24) is 4.31 Å². The molecular formula is C20H25NO2S. The van der Waals surface area contributed by atoms with Crippen molar-refractivity contribution in [1.29, 1.82) is 0 Å². The van der Waals surface area contributed by atoms with Crippen LogP contribution in [0.15, 0.2) is 46.0 Å². The second-order valence-corrected chi connectivity index (χ2v) is 9.07. The molecule has 1 atom stereocenters. The van der Waals surface area contributed by atoms with Crippen LogP contribution in [0, 0.1) is 30.6 Å². The lowest BCUT2D eigenvalue weighted by Crippen LogP contribution is -2.34. The smallest absolute Gasteiger partial charge is 0.207 e. The topological polar surface area (TPSA) is 37.4 Å². The molecule has 0 N–H and O–H groups in total. The van der Waals surface area contributed by atoms with Gasteiger partial charge in [-0.3, -0.25) is 0 Å². The summed E-state index contributed by atoms with van der Waals surface area (Å²) >= 11 is 0. The van der Waals surface area contributed by atoms with Gasteiger partial charge in [0.25, 0.3) is 0 Å². The van der Waals surface area contributed by atoms with E-state index < -0.39 is 10.0 Å². The van der Waals surface area contributed by atoms with E-state index in [-0.39, 0.29) is 22.8 Å². The Morgan fingerprint density at radius 2 is 1.83 bits per heavy atom. The molecule has 1 aliphatic rings. The molecule has 1 saturated carbocycles. The van der Waals surface area contributed by atoms with Crippen molar-refractivity contribution in [3.63, 3.8) is 0 Å². The molecule has 24 heavy (non-hydrogen) atoms. The van der Waals surface area contributed by atoms with Crippen LogP contribution in [0.4, 0.5) is 0 Å². The lowest BCUT2D eigenvalue weighted by molar-refractivity contribution is 0.400. The van der Waals surface area contributed by atoms with Crippen LogP contribution >= 0.6 is 0 Å². The number of rotatable bonds is 5. The largest absolute Gasteiger partial charge is 0.243 e. The van der Waals surface area contributed by atoms with Gasteiger partial charge in [0.1, 0.15) is 0 Å². The highest BCUT2D eigenvalue weighted by molar-refractivity contribution is 7.89. The van der Waals surface area contributed by atoms with Gasteiger partial charge >= 0.3 is 0 Å². The Bertz CT molecular complexity index is 829. The summed E-state index contributed by atoms with van der Waals surface area (Å²) in [6.45, 7) is 10.6. The molecule has 4 heteroatoms. The first-order valence-electron chi connectivity index (χ1n) is 8.05. The second-order valence-electron chi connectivity index (χ2n) is 7.13. The molecule has 0 aliphatic heterocycles. The first-order chi connectivity index (χ1) is 11.1. The maximum atomic E-state index is 12.9. The van der Waals surface area contributed by atoms with Crippen LogP contribution in [0.5, 0.6) is 0 Å². The Kier molecular flexibility index (Phi) is 5.11. The maximum Gasteiger partial charge on any atom is 0.243 e. The summed E-state index contributed by atoms with van der Waals surface area (Å²) < 4.78 is 27.3. The number of benzene rings is 1. The summed E-state index contributed by atoms with van der Waals surface area (Å²) in [6, 6.07) is 6.88. The quantitative estimate of drug-likeness (QED) is 0.603. The Balaban J connectivity index is 2.33. The predicted molar refractivity (Wildman–Crippen MR) is 97.9 cm³/mol. The van der Waals surface area contributed by atoms with Gasteiger partial charge in [-0.1, -0.05) is 37.5 Å². The summed E-state index contributed by atoms with van der Waals surface area (Å²) in [7, 11) is -3.59. The van der Waals surface area contributed by atoms with Crippen molar-refractivity contribution in [2.45, 2.75) is 39.5 Å². The third-order valence-electron chi connectivity index (χ3n) is 4.53. The molecule has 0 spiro atoms. The van der Waals surface area contributed by atoms with E-state index in [4.69, 9.17) is 6.42 Å². The van der Waals surface area contributed by atoms with Gasteiger partial charge in [-0.05, 0) is 44.1 Å². The standard InChI is InChI=1S/C20H25NO2S/c1-7-12-21(14-19-18(13-15(2)3)20(19,5)6)24(22,23)17-10-8-16(4)9-11-17/h1,8-11,19H,12,14H2,2-6H3. The van der Waals surface area contributed by atoms with Crippen LogP contribution in [-0.4, -0.2) is 25.8 Å². The highest BCUT2D eigenvalue weighted by Crippen LogP contribution is 2.57. The molecule has 0 aromatic heterocycles. The monoisotopic (exact) mass is 343 g/mol. The lowest BCUT2D eigenvalue weighted by atomic mass is 10.1. The molecule has 1 aromatic carbocycles. The SMILES string of the molecule is C#CCN(CC1C(=C=C(C)C)C1(C)C)S(=O)(=O)c1ccc(C)cc1. The van der Waals surface area contributed by atoms with Gasteiger partial charge in [0.15, 0.2) is 0 Å². The molecule has 0 radical (unpaired) electrons. The fourth-order valence-corrected chi connectivity index (χ4v) is 4.26. The van der Waals surface area contributed by atoms with Gasteiger partial charge in [-0.25, -0.2) is 8.42 Å². The third kappa shape index (κ3) is 3.65. The molecule has 3 nitrogen and oxygen atoms in total. The summed E-state index contributed by atoms with van der Waals surface area (Å²) in [5.41, 5.74) is 6.62. The summed E-state index contributed by atoms with van der Waals surface area (Å²) in [5.74, 6) is 2.64. The van der Waals surface area contributed by atoms with Gasteiger partial charge in [-0.2, -0.15) is 4.31 Å². The summed E-state index contributed by atoms with van der Waals surface area (Å²) in [6.07, 6.45) is 5.42. The van der Waals surface area contributed by atoms with Crippen LogP contribution in [0.2, 0.25) is 0 Å². The molecule has 1 fully saturated rings. The molecule has 1 aromatic rings. The van der Waals surface area contributed by atoms with Gasteiger partial charge < -0.3 is 0 Å². The van der Waals surface area contributed by atoms with E-state index >= 15 is 0 Å². The number of hydrogen-bond acceptors (Lipinski definition) is 2. The van der Waals surface area contributed by atoms with E-state index in [2.05, 4.69) is 25.5 Å². The maximum absolute atomic E-state index is 12.9. The van der Waals surface area contributed by atoms with E-state index in [0.29, 0.717) is 6.54 Å². The number of hydrogen-bond donors (Lipinski definition) is 0. The fourth-order valence-electron chi connectivity index (χ4n) is 2.89. The Hall–Kier alpha value is -1.79. The first kappa shape index (κ1) is 18.5. The molecule has 2 rings (SSSR count). The highest BCUT2D eigenvalue weighted by Gasteiger charge is 2.53. The van der Waals surface area contributed by atoms with E-state index in [1.54, 1.807) is 24.3 Å². The Morgan fingerprint density at radius 3 is 2.33 bits per heavy atom. The average molecular weight is 343 g/mol. The molecular weight excluding hydrogens is 318 g/mol. The summed E-state index contributed by atoms with van der Waals surface area (Å²) in [4.78, 5) is 0.287. The van der Waals surface area contributed by atoms with Crippen molar-refractivity contribution in [3.8, 4) is 12.3 Å². The summed E-state index contributed by atoms with van der Waals surface area (Å²) in [5, 5.41) is 0. The van der Waals surface area contributed by atoms with Crippen molar-refractivity contribution in [2.75, 3.05) is 13.1 Å². The van der Waals surface area contributed by atoms with Gasteiger partial charge in [0, 0.05) is 17.9 Å². The minimum Gasteiger partial charge on any atom is -0.207 e.